The molecule has 0 atom stereocenters. The molecule has 0 aliphatic rings. The molecule has 0 spiro atoms. The number of nitrogen functional groups attached to an aromatic ring is 1. The molecule has 0 fully saturated rings. The first-order chi connectivity index (χ1) is 7.72. The lowest BCUT2D eigenvalue weighted by molar-refractivity contribution is 0.622. The summed E-state index contributed by atoms with van der Waals surface area (Å²) in [6.07, 6.45) is 3.69. The average Bonchev–Trinajstić information content (AvgIpc) is 2.85. The lowest BCUT2D eigenvalue weighted by atomic mass is 10.2. The van der Waals surface area contributed by atoms with Crippen molar-refractivity contribution in [3.8, 4) is 0 Å². The molecule has 16 heavy (non-hydrogen) atoms. The maximum absolute atomic E-state index is 5.62. The zero-order chi connectivity index (χ0) is 11.5. The van der Waals surface area contributed by atoms with Gasteiger partial charge in [-0.05, 0) is 19.4 Å². The highest BCUT2D eigenvalue weighted by atomic mass is 32.1. The zero-order valence-electron chi connectivity index (χ0n) is 9.60. The minimum atomic E-state index is 0.633. The van der Waals surface area contributed by atoms with E-state index in [4.69, 9.17) is 5.73 Å². The van der Waals surface area contributed by atoms with Crippen LogP contribution in [-0.2, 0) is 19.4 Å². The fourth-order valence-corrected chi connectivity index (χ4v) is 2.39. The molecule has 2 aromatic rings. The summed E-state index contributed by atoms with van der Waals surface area (Å²) in [5, 5.41) is 5.15. The van der Waals surface area contributed by atoms with Gasteiger partial charge in [0.15, 0.2) is 5.13 Å². The van der Waals surface area contributed by atoms with Gasteiger partial charge >= 0.3 is 0 Å². The van der Waals surface area contributed by atoms with Gasteiger partial charge in [0, 0.05) is 29.7 Å². The Morgan fingerprint density at radius 2 is 2.25 bits per heavy atom. The number of aryl methyl sites for hydroxylation is 2. The minimum Gasteiger partial charge on any atom is -0.375 e. The molecule has 4 nitrogen and oxygen atoms in total. The van der Waals surface area contributed by atoms with Crippen LogP contribution in [0.1, 0.15) is 30.1 Å². The smallest absolute Gasteiger partial charge is 0.180 e. The summed E-state index contributed by atoms with van der Waals surface area (Å²) in [5.41, 5.74) is 8.01. The molecule has 0 radical (unpaired) electrons. The molecule has 0 aliphatic heterocycles. The van der Waals surface area contributed by atoms with E-state index in [1.54, 1.807) is 11.3 Å². The first kappa shape index (κ1) is 11.1. The van der Waals surface area contributed by atoms with Crippen LogP contribution in [0.15, 0.2) is 12.3 Å². The van der Waals surface area contributed by atoms with Crippen LogP contribution in [0.2, 0.25) is 0 Å². The molecule has 0 aliphatic carbocycles. The van der Waals surface area contributed by atoms with Crippen LogP contribution < -0.4 is 5.73 Å². The van der Waals surface area contributed by atoms with Crippen molar-refractivity contribution in [3.05, 3.63) is 28.5 Å². The quantitative estimate of drug-likeness (QED) is 0.884. The van der Waals surface area contributed by atoms with Crippen molar-refractivity contribution in [1.82, 2.24) is 14.8 Å². The van der Waals surface area contributed by atoms with Crippen LogP contribution in [0.3, 0.4) is 0 Å². The van der Waals surface area contributed by atoms with Gasteiger partial charge in [0.05, 0.1) is 5.69 Å². The van der Waals surface area contributed by atoms with E-state index in [9.17, 15) is 0 Å². The topological polar surface area (TPSA) is 56.7 Å². The standard InChI is InChI=1S/C11H16N4S/c1-3-8-5-9(15(4-2)14-8)6-10-7-13-11(12)16-10/h5,7H,3-4,6H2,1-2H3,(H2,12,13). The summed E-state index contributed by atoms with van der Waals surface area (Å²) in [4.78, 5) is 5.25. The first-order valence-electron chi connectivity index (χ1n) is 5.48. The fourth-order valence-electron chi connectivity index (χ4n) is 1.69. The number of nitrogens with zero attached hydrogens (tertiary/aromatic N) is 3. The summed E-state index contributed by atoms with van der Waals surface area (Å²) < 4.78 is 2.05. The van der Waals surface area contributed by atoms with E-state index in [0.717, 1.165) is 25.1 Å². The summed E-state index contributed by atoms with van der Waals surface area (Å²) in [5.74, 6) is 0. The Morgan fingerprint density at radius 1 is 1.44 bits per heavy atom. The average molecular weight is 236 g/mol. The number of anilines is 1. The van der Waals surface area contributed by atoms with Crippen LogP contribution >= 0.6 is 11.3 Å². The highest BCUT2D eigenvalue weighted by molar-refractivity contribution is 7.15. The third kappa shape index (κ3) is 2.24. The van der Waals surface area contributed by atoms with Gasteiger partial charge in [-0.2, -0.15) is 5.10 Å². The summed E-state index contributed by atoms with van der Waals surface area (Å²) in [6.45, 7) is 5.14. The number of hydrogen-bond donors (Lipinski definition) is 1. The van der Waals surface area contributed by atoms with Crippen molar-refractivity contribution in [1.29, 1.82) is 0 Å². The Kier molecular flexibility index (Phi) is 3.24. The van der Waals surface area contributed by atoms with Crippen LogP contribution in [0, 0.1) is 0 Å². The van der Waals surface area contributed by atoms with Gasteiger partial charge in [-0.25, -0.2) is 4.98 Å². The van der Waals surface area contributed by atoms with Crippen molar-refractivity contribution >= 4 is 16.5 Å². The molecule has 2 heterocycles. The maximum atomic E-state index is 5.62. The van der Waals surface area contributed by atoms with Crippen molar-refractivity contribution in [3.63, 3.8) is 0 Å². The van der Waals surface area contributed by atoms with Gasteiger partial charge in [0.2, 0.25) is 0 Å². The third-order valence-corrected chi connectivity index (χ3v) is 3.33. The zero-order valence-corrected chi connectivity index (χ0v) is 10.4. The highest BCUT2D eigenvalue weighted by Crippen LogP contribution is 2.19. The monoisotopic (exact) mass is 236 g/mol. The van der Waals surface area contributed by atoms with Gasteiger partial charge in [0.1, 0.15) is 0 Å². The molecule has 0 bridgehead atoms. The molecular formula is C11H16N4S. The summed E-state index contributed by atoms with van der Waals surface area (Å²) in [6, 6.07) is 2.17. The van der Waals surface area contributed by atoms with E-state index in [1.165, 1.54) is 10.6 Å². The van der Waals surface area contributed by atoms with Gasteiger partial charge < -0.3 is 5.73 Å². The Morgan fingerprint density at radius 3 is 2.81 bits per heavy atom. The van der Waals surface area contributed by atoms with E-state index >= 15 is 0 Å². The number of hydrogen-bond acceptors (Lipinski definition) is 4. The normalized spacial score (nSPS) is 10.9. The Labute approximate surface area is 99.1 Å². The molecule has 0 saturated heterocycles. The van der Waals surface area contributed by atoms with Crippen molar-refractivity contribution in [2.45, 2.75) is 33.2 Å². The molecule has 5 heteroatoms. The molecule has 86 valence electrons. The summed E-state index contributed by atoms with van der Waals surface area (Å²) in [7, 11) is 0. The molecular weight excluding hydrogens is 220 g/mol. The third-order valence-electron chi connectivity index (χ3n) is 2.50. The second kappa shape index (κ2) is 4.65. The second-order valence-corrected chi connectivity index (χ2v) is 4.78. The number of aromatic nitrogens is 3. The van der Waals surface area contributed by atoms with Crippen molar-refractivity contribution in [2.24, 2.45) is 0 Å². The molecule has 0 unspecified atom stereocenters. The SMILES string of the molecule is CCc1cc(Cc2cnc(N)s2)n(CC)n1. The van der Waals surface area contributed by atoms with Crippen LogP contribution in [-0.4, -0.2) is 14.8 Å². The maximum Gasteiger partial charge on any atom is 0.180 e. The van der Waals surface area contributed by atoms with Crippen LogP contribution in [0.25, 0.3) is 0 Å². The van der Waals surface area contributed by atoms with E-state index in [1.807, 2.05) is 6.20 Å². The summed E-state index contributed by atoms with van der Waals surface area (Å²) >= 11 is 1.54. The van der Waals surface area contributed by atoms with E-state index < -0.39 is 0 Å². The molecule has 0 aromatic carbocycles. The lowest BCUT2D eigenvalue weighted by Gasteiger charge is -2.01. The molecule has 0 saturated carbocycles. The Hall–Kier alpha value is -1.36. The first-order valence-corrected chi connectivity index (χ1v) is 6.30. The van der Waals surface area contributed by atoms with Crippen molar-refractivity contribution in [2.75, 3.05) is 5.73 Å². The lowest BCUT2D eigenvalue weighted by Crippen LogP contribution is -2.02. The van der Waals surface area contributed by atoms with E-state index in [-0.39, 0.29) is 0 Å². The molecule has 2 N–H and O–H groups in total. The van der Waals surface area contributed by atoms with Crippen LogP contribution in [0.5, 0.6) is 0 Å². The Balaban J connectivity index is 2.22. The largest absolute Gasteiger partial charge is 0.375 e. The van der Waals surface area contributed by atoms with E-state index in [0.29, 0.717) is 5.13 Å². The van der Waals surface area contributed by atoms with Gasteiger partial charge in [-0.1, -0.05) is 6.92 Å². The predicted octanol–water partition coefficient (Wildman–Crippen LogP) is 2.09. The molecule has 2 aromatic heterocycles. The molecule has 2 rings (SSSR count). The molecule has 0 amide bonds. The number of thiazole rings is 1. The predicted molar refractivity (Wildman–Crippen MR) is 66.6 cm³/mol. The fraction of sp³-hybridized carbons (Fsp3) is 0.455. The van der Waals surface area contributed by atoms with Gasteiger partial charge in [0.25, 0.3) is 0 Å². The number of rotatable bonds is 4. The van der Waals surface area contributed by atoms with Gasteiger partial charge in [-0.3, -0.25) is 4.68 Å². The Bertz CT molecular complexity index is 472. The second-order valence-electron chi connectivity index (χ2n) is 3.64. The van der Waals surface area contributed by atoms with E-state index in [2.05, 4.69) is 34.7 Å². The highest BCUT2D eigenvalue weighted by Gasteiger charge is 2.08. The van der Waals surface area contributed by atoms with Crippen LogP contribution in [0.4, 0.5) is 5.13 Å². The minimum absolute atomic E-state index is 0.633. The van der Waals surface area contributed by atoms with Crippen molar-refractivity contribution < 1.29 is 0 Å². The van der Waals surface area contributed by atoms with Gasteiger partial charge in [-0.15, -0.1) is 11.3 Å². The number of nitrogens with two attached hydrogens (primary N) is 1.